The smallest absolute Gasteiger partial charge is 0.254 e. The number of para-hydroxylation sites is 1. The molecule has 3 heterocycles. The average Bonchev–Trinajstić information content (AvgIpc) is 2.77. The normalized spacial score (nSPS) is 16.5. The number of hydrogen-bond donors (Lipinski definition) is 1. The van der Waals surface area contributed by atoms with Crippen molar-refractivity contribution in [1.29, 1.82) is 0 Å². The van der Waals surface area contributed by atoms with Crippen LogP contribution in [-0.4, -0.2) is 39.4 Å². The minimum absolute atomic E-state index is 0.141. The van der Waals surface area contributed by atoms with Gasteiger partial charge in [-0.15, -0.1) is 0 Å². The fourth-order valence-corrected chi connectivity index (χ4v) is 3.90. The molecule has 30 heavy (non-hydrogen) atoms. The Balaban J connectivity index is 1.55. The first kappa shape index (κ1) is 19.8. The van der Waals surface area contributed by atoms with Gasteiger partial charge in [-0.3, -0.25) is 14.4 Å². The highest BCUT2D eigenvalue weighted by Gasteiger charge is 2.30. The Morgan fingerprint density at radius 1 is 1.17 bits per heavy atom. The van der Waals surface area contributed by atoms with E-state index in [0.717, 1.165) is 17.4 Å². The number of fused-ring (bicyclic) bond motifs is 1. The zero-order chi connectivity index (χ0) is 21.3. The van der Waals surface area contributed by atoms with E-state index in [1.54, 1.807) is 24.2 Å². The summed E-state index contributed by atoms with van der Waals surface area (Å²) in [5.41, 5.74) is 1.89. The minimum Gasteiger partial charge on any atom is -0.338 e. The number of carbonyl (C=O) groups is 2. The molecule has 0 radical (unpaired) electrons. The molecule has 0 bridgehead atoms. The van der Waals surface area contributed by atoms with Crippen molar-refractivity contribution in [3.05, 3.63) is 70.1 Å². The van der Waals surface area contributed by atoms with Crippen molar-refractivity contribution in [2.24, 2.45) is 13.0 Å². The fourth-order valence-electron chi connectivity index (χ4n) is 3.90. The first-order valence-corrected chi connectivity index (χ1v) is 10.1. The third-order valence-corrected chi connectivity index (χ3v) is 5.63. The molecule has 0 spiro atoms. The van der Waals surface area contributed by atoms with E-state index in [-0.39, 0.29) is 23.3 Å². The van der Waals surface area contributed by atoms with E-state index >= 15 is 0 Å². The first-order chi connectivity index (χ1) is 14.4. The molecule has 3 aromatic rings. The molecule has 2 aromatic heterocycles. The van der Waals surface area contributed by atoms with E-state index in [4.69, 9.17) is 0 Å². The van der Waals surface area contributed by atoms with Crippen molar-refractivity contribution in [3.8, 4) is 0 Å². The van der Waals surface area contributed by atoms with Gasteiger partial charge in [0.25, 0.3) is 11.5 Å². The zero-order valence-corrected chi connectivity index (χ0v) is 17.1. The minimum atomic E-state index is -0.316. The Labute approximate surface area is 174 Å². The van der Waals surface area contributed by atoms with Crippen LogP contribution in [0.2, 0.25) is 0 Å². The molecule has 1 N–H and O–H groups in total. The molecule has 7 nitrogen and oxygen atoms in total. The molecule has 1 aliphatic rings. The number of pyridine rings is 2. The molecule has 1 saturated heterocycles. The van der Waals surface area contributed by atoms with E-state index in [0.29, 0.717) is 36.4 Å². The Morgan fingerprint density at radius 3 is 2.73 bits per heavy atom. The third kappa shape index (κ3) is 3.83. The van der Waals surface area contributed by atoms with Crippen LogP contribution in [0.4, 0.5) is 5.82 Å². The van der Waals surface area contributed by atoms with Gasteiger partial charge in [0.1, 0.15) is 5.82 Å². The van der Waals surface area contributed by atoms with Gasteiger partial charge in [-0.25, -0.2) is 4.98 Å². The zero-order valence-electron chi connectivity index (χ0n) is 17.1. The molecule has 1 aromatic carbocycles. The molecule has 7 heteroatoms. The molecule has 1 fully saturated rings. The second-order valence-corrected chi connectivity index (χ2v) is 7.77. The van der Waals surface area contributed by atoms with Gasteiger partial charge in [-0.1, -0.05) is 24.3 Å². The fraction of sp³-hybridized carbons (Fsp3) is 0.304. The van der Waals surface area contributed by atoms with Crippen molar-refractivity contribution >= 4 is 28.5 Å². The highest BCUT2D eigenvalue weighted by molar-refractivity contribution is 6.06. The van der Waals surface area contributed by atoms with Crippen molar-refractivity contribution < 1.29 is 9.59 Å². The molecular weight excluding hydrogens is 380 g/mol. The number of aromatic nitrogens is 2. The average molecular weight is 404 g/mol. The highest BCUT2D eigenvalue weighted by Crippen LogP contribution is 2.23. The van der Waals surface area contributed by atoms with Gasteiger partial charge >= 0.3 is 0 Å². The van der Waals surface area contributed by atoms with Crippen LogP contribution in [-0.2, 0) is 11.8 Å². The number of benzene rings is 1. The molecule has 1 unspecified atom stereocenters. The number of rotatable bonds is 3. The first-order valence-electron chi connectivity index (χ1n) is 10.1. The van der Waals surface area contributed by atoms with Gasteiger partial charge in [0.15, 0.2) is 0 Å². The molecule has 154 valence electrons. The van der Waals surface area contributed by atoms with E-state index in [1.165, 1.54) is 10.6 Å². The number of aryl methyl sites for hydroxylation is 2. The standard InChI is InChI=1S/C23H24N4O3/c1-15-9-10-20(24-13-15)25-22(29)16-6-5-11-27(14-16)23(30)18-12-21(28)26(2)19-8-4-3-7-17(18)19/h3-4,7-10,12-13,16H,5-6,11,14H2,1-2H3,(H,24,25,29). The summed E-state index contributed by atoms with van der Waals surface area (Å²) in [6.45, 7) is 2.82. The summed E-state index contributed by atoms with van der Waals surface area (Å²) in [7, 11) is 1.69. The summed E-state index contributed by atoms with van der Waals surface area (Å²) >= 11 is 0. The number of likely N-dealkylation sites (tertiary alicyclic amines) is 1. The summed E-state index contributed by atoms with van der Waals surface area (Å²) in [6, 6.07) is 12.4. The maximum absolute atomic E-state index is 13.3. The maximum Gasteiger partial charge on any atom is 0.254 e. The summed E-state index contributed by atoms with van der Waals surface area (Å²) in [5, 5.41) is 3.58. The number of carbonyl (C=O) groups excluding carboxylic acids is 2. The van der Waals surface area contributed by atoms with Crippen LogP contribution >= 0.6 is 0 Å². The number of hydrogen-bond acceptors (Lipinski definition) is 4. The number of amides is 2. The summed E-state index contributed by atoms with van der Waals surface area (Å²) in [5.74, 6) is -0.164. The van der Waals surface area contributed by atoms with Gasteiger partial charge in [0.2, 0.25) is 5.91 Å². The lowest BCUT2D eigenvalue weighted by Crippen LogP contribution is -2.44. The lowest BCUT2D eigenvalue weighted by atomic mass is 9.96. The number of anilines is 1. The molecule has 4 rings (SSSR count). The molecule has 0 aliphatic carbocycles. The van der Waals surface area contributed by atoms with E-state index in [1.807, 2.05) is 37.3 Å². The van der Waals surface area contributed by atoms with Crippen molar-refractivity contribution in [3.63, 3.8) is 0 Å². The summed E-state index contributed by atoms with van der Waals surface area (Å²) in [6.07, 6.45) is 3.14. The molecule has 1 atom stereocenters. The van der Waals surface area contributed by atoms with Gasteiger partial charge in [0.05, 0.1) is 17.0 Å². The van der Waals surface area contributed by atoms with Crippen molar-refractivity contribution in [1.82, 2.24) is 14.5 Å². The summed E-state index contributed by atoms with van der Waals surface area (Å²) < 4.78 is 1.53. The van der Waals surface area contributed by atoms with Crippen LogP contribution in [0.1, 0.15) is 28.8 Å². The highest BCUT2D eigenvalue weighted by atomic mass is 16.2. The lowest BCUT2D eigenvalue weighted by Gasteiger charge is -2.32. The van der Waals surface area contributed by atoms with Gasteiger partial charge < -0.3 is 14.8 Å². The number of nitrogens with zero attached hydrogens (tertiary/aromatic N) is 3. The van der Waals surface area contributed by atoms with E-state index in [9.17, 15) is 14.4 Å². The SMILES string of the molecule is Cc1ccc(NC(=O)C2CCCN(C(=O)c3cc(=O)n(C)c4ccccc34)C2)nc1. The maximum atomic E-state index is 13.3. The predicted octanol–water partition coefficient (Wildman–Crippen LogP) is 2.73. The summed E-state index contributed by atoms with van der Waals surface area (Å²) in [4.78, 5) is 44.3. The largest absolute Gasteiger partial charge is 0.338 e. The molecule has 1 aliphatic heterocycles. The van der Waals surface area contributed by atoms with Crippen LogP contribution in [0, 0.1) is 12.8 Å². The van der Waals surface area contributed by atoms with E-state index in [2.05, 4.69) is 10.3 Å². The Hall–Kier alpha value is -3.48. The van der Waals surface area contributed by atoms with Crippen LogP contribution in [0.25, 0.3) is 10.9 Å². The molecular formula is C23H24N4O3. The lowest BCUT2D eigenvalue weighted by molar-refractivity contribution is -0.121. The topological polar surface area (TPSA) is 84.3 Å². The number of nitrogens with one attached hydrogen (secondary N) is 1. The van der Waals surface area contributed by atoms with Crippen LogP contribution in [0.3, 0.4) is 0 Å². The Morgan fingerprint density at radius 2 is 1.97 bits per heavy atom. The van der Waals surface area contributed by atoms with Crippen LogP contribution in [0.15, 0.2) is 53.5 Å². The van der Waals surface area contributed by atoms with Gasteiger partial charge in [-0.05, 0) is 37.5 Å². The molecule has 0 saturated carbocycles. The Kier molecular flexibility index (Phi) is 5.35. The van der Waals surface area contributed by atoms with Gasteiger partial charge in [-0.2, -0.15) is 0 Å². The monoisotopic (exact) mass is 404 g/mol. The van der Waals surface area contributed by atoms with Crippen molar-refractivity contribution in [2.75, 3.05) is 18.4 Å². The van der Waals surface area contributed by atoms with E-state index < -0.39 is 0 Å². The predicted molar refractivity (Wildman–Crippen MR) is 115 cm³/mol. The number of piperidine rings is 1. The van der Waals surface area contributed by atoms with Gasteiger partial charge in [0, 0.05) is 37.8 Å². The van der Waals surface area contributed by atoms with Crippen LogP contribution in [0.5, 0.6) is 0 Å². The quantitative estimate of drug-likeness (QED) is 0.728. The second-order valence-electron chi connectivity index (χ2n) is 7.77. The van der Waals surface area contributed by atoms with Crippen LogP contribution < -0.4 is 10.9 Å². The van der Waals surface area contributed by atoms with Crippen molar-refractivity contribution in [2.45, 2.75) is 19.8 Å². The second kappa shape index (κ2) is 8.10. The Bertz CT molecular complexity index is 1170. The molecule has 2 amide bonds. The third-order valence-electron chi connectivity index (χ3n) is 5.63.